The molecule has 2 aromatic carbocycles. The van der Waals surface area contributed by atoms with Crippen molar-refractivity contribution in [2.75, 3.05) is 0 Å². The van der Waals surface area contributed by atoms with E-state index in [-0.39, 0.29) is 29.1 Å². The van der Waals surface area contributed by atoms with Gasteiger partial charge in [0.2, 0.25) is 0 Å². The molecule has 0 bridgehead atoms. The lowest BCUT2D eigenvalue weighted by atomic mass is 10.2. The summed E-state index contributed by atoms with van der Waals surface area (Å²) < 4.78 is 21.4. The summed E-state index contributed by atoms with van der Waals surface area (Å²) >= 11 is 0. The van der Waals surface area contributed by atoms with E-state index in [1.807, 2.05) is 0 Å². The van der Waals surface area contributed by atoms with E-state index in [9.17, 15) is 14.0 Å². The van der Waals surface area contributed by atoms with Gasteiger partial charge in [-0.1, -0.05) is 18.2 Å². The summed E-state index contributed by atoms with van der Waals surface area (Å²) in [5, 5.41) is 7.43. The number of nitrogens with one attached hydrogen (secondary N) is 2. The predicted octanol–water partition coefficient (Wildman–Crippen LogP) is 3.43. The zero-order chi connectivity index (χ0) is 22.1. The molecule has 0 aliphatic heterocycles. The molecule has 158 valence electrons. The third kappa shape index (κ3) is 3.56. The third-order valence-electron chi connectivity index (χ3n) is 4.93. The summed E-state index contributed by atoms with van der Waals surface area (Å²) in [6.07, 6.45) is 4.47. The van der Waals surface area contributed by atoms with Gasteiger partial charge in [-0.25, -0.2) is 8.91 Å². The van der Waals surface area contributed by atoms with Gasteiger partial charge in [0.05, 0.1) is 23.3 Å². The number of amides is 1. The molecule has 2 N–H and O–H groups in total. The number of para-hydroxylation sites is 1. The van der Waals surface area contributed by atoms with Crippen LogP contribution in [0.25, 0.3) is 16.6 Å². The minimum Gasteiger partial charge on any atom is -0.453 e. The van der Waals surface area contributed by atoms with Crippen LogP contribution in [0.15, 0.2) is 78.0 Å². The second-order valence-corrected chi connectivity index (χ2v) is 7.03. The second kappa shape index (κ2) is 7.95. The average Bonchev–Trinajstić information content (AvgIpc) is 3.24. The van der Waals surface area contributed by atoms with Gasteiger partial charge in [-0.05, 0) is 42.0 Å². The van der Waals surface area contributed by atoms with Crippen LogP contribution in [-0.2, 0) is 6.54 Å². The molecule has 5 aromatic rings. The molecule has 0 atom stereocenters. The van der Waals surface area contributed by atoms with Gasteiger partial charge in [0.15, 0.2) is 11.6 Å². The van der Waals surface area contributed by atoms with Gasteiger partial charge < -0.3 is 15.0 Å². The molecule has 0 radical (unpaired) electrons. The molecule has 0 aliphatic carbocycles. The first-order valence-corrected chi connectivity index (χ1v) is 9.73. The summed E-state index contributed by atoms with van der Waals surface area (Å²) in [5.41, 5.74) is 1.33. The van der Waals surface area contributed by atoms with Gasteiger partial charge in [0.1, 0.15) is 17.0 Å². The van der Waals surface area contributed by atoms with E-state index < -0.39 is 11.7 Å². The SMILES string of the molecule is O=C(NCc1ccc(Oc2cccnc2)c(F)c1)c1cnn2c1[nH]c(=O)c1ccccc12. The van der Waals surface area contributed by atoms with Crippen LogP contribution < -0.4 is 15.6 Å². The standard InChI is InChI=1S/C23H16FN5O3/c24-18-10-14(7-8-20(18)32-15-4-3-9-25-12-15)11-26-22(30)17-13-27-29-19-6-2-1-5-16(19)23(31)28-21(17)29/h1-10,12-13H,11H2,(H,26,30)(H,28,31). The van der Waals surface area contributed by atoms with Gasteiger partial charge in [0, 0.05) is 12.7 Å². The molecule has 9 heteroatoms. The first-order valence-electron chi connectivity index (χ1n) is 9.73. The number of benzene rings is 2. The number of nitrogens with zero attached hydrogens (tertiary/aromatic N) is 3. The maximum atomic E-state index is 14.4. The fraction of sp³-hybridized carbons (Fsp3) is 0.0435. The Morgan fingerprint density at radius 3 is 2.81 bits per heavy atom. The normalized spacial score (nSPS) is 11.0. The van der Waals surface area contributed by atoms with Crippen molar-refractivity contribution in [2.24, 2.45) is 0 Å². The Labute approximate surface area is 180 Å². The number of fused-ring (bicyclic) bond motifs is 3. The number of hydrogen-bond acceptors (Lipinski definition) is 5. The summed E-state index contributed by atoms with van der Waals surface area (Å²) in [6, 6.07) is 14.8. The smallest absolute Gasteiger partial charge is 0.259 e. The highest BCUT2D eigenvalue weighted by Gasteiger charge is 2.16. The van der Waals surface area contributed by atoms with Crippen molar-refractivity contribution in [3.63, 3.8) is 0 Å². The molecular formula is C23H16FN5O3. The van der Waals surface area contributed by atoms with Crippen LogP contribution in [0.5, 0.6) is 11.5 Å². The molecule has 1 amide bonds. The second-order valence-electron chi connectivity index (χ2n) is 7.03. The number of H-pyrrole nitrogens is 1. The van der Waals surface area contributed by atoms with Gasteiger partial charge >= 0.3 is 0 Å². The lowest BCUT2D eigenvalue weighted by molar-refractivity contribution is 0.0952. The van der Waals surface area contributed by atoms with Gasteiger partial charge in [0.25, 0.3) is 11.5 Å². The predicted molar refractivity (Wildman–Crippen MR) is 115 cm³/mol. The highest BCUT2D eigenvalue weighted by atomic mass is 19.1. The summed E-state index contributed by atoms with van der Waals surface area (Å²) in [7, 11) is 0. The van der Waals surface area contributed by atoms with Crippen LogP contribution in [0.2, 0.25) is 0 Å². The molecule has 3 heterocycles. The zero-order valence-electron chi connectivity index (χ0n) is 16.6. The van der Waals surface area contributed by atoms with E-state index in [0.29, 0.717) is 22.2 Å². The molecule has 0 fully saturated rings. The lowest BCUT2D eigenvalue weighted by Crippen LogP contribution is -2.23. The van der Waals surface area contributed by atoms with Crippen LogP contribution in [0.4, 0.5) is 4.39 Å². The minimum absolute atomic E-state index is 0.0557. The van der Waals surface area contributed by atoms with E-state index in [0.717, 1.165) is 0 Å². The molecule has 8 nitrogen and oxygen atoms in total. The Hall–Kier alpha value is -4.53. The third-order valence-corrected chi connectivity index (χ3v) is 4.93. The number of carbonyl (C=O) groups is 1. The zero-order valence-corrected chi connectivity index (χ0v) is 16.6. The van der Waals surface area contributed by atoms with Crippen molar-refractivity contribution >= 4 is 22.5 Å². The number of carbonyl (C=O) groups excluding carboxylic acids is 1. The fourth-order valence-corrected chi connectivity index (χ4v) is 3.39. The minimum atomic E-state index is -0.563. The quantitative estimate of drug-likeness (QED) is 0.446. The maximum absolute atomic E-state index is 14.4. The molecule has 5 rings (SSSR count). The van der Waals surface area contributed by atoms with Crippen molar-refractivity contribution in [2.45, 2.75) is 6.54 Å². The molecule has 32 heavy (non-hydrogen) atoms. The number of aromatic nitrogens is 4. The number of pyridine rings is 1. The van der Waals surface area contributed by atoms with Crippen molar-refractivity contribution in [3.05, 3.63) is 100 Å². The Bertz CT molecular complexity index is 1510. The topological polar surface area (TPSA) is 101 Å². The summed E-state index contributed by atoms with van der Waals surface area (Å²) in [5.74, 6) is -0.531. The van der Waals surface area contributed by atoms with Crippen molar-refractivity contribution in [3.8, 4) is 11.5 Å². The fourth-order valence-electron chi connectivity index (χ4n) is 3.39. The molecule has 0 spiro atoms. The van der Waals surface area contributed by atoms with Crippen LogP contribution in [0.1, 0.15) is 15.9 Å². The Morgan fingerprint density at radius 1 is 1.12 bits per heavy atom. The molecule has 0 unspecified atom stereocenters. The van der Waals surface area contributed by atoms with Crippen molar-refractivity contribution in [1.29, 1.82) is 0 Å². The van der Waals surface area contributed by atoms with Crippen LogP contribution in [0.3, 0.4) is 0 Å². The van der Waals surface area contributed by atoms with E-state index in [4.69, 9.17) is 4.74 Å². The Balaban J connectivity index is 1.34. The average molecular weight is 429 g/mol. The molecule has 0 aliphatic rings. The summed E-state index contributed by atoms with van der Waals surface area (Å²) in [4.78, 5) is 31.7. The molecular weight excluding hydrogens is 413 g/mol. The largest absolute Gasteiger partial charge is 0.453 e. The molecule has 3 aromatic heterocycles. The number of ether oxygens (including phenoxy) is 1. The Morgan fingerprint density at radius 2 is 2.00 bits per heavy atom. The van der Waals surface area contributed by atoms with Crippen LogP contribution in [-0.4, -0.2) is 25.5 Å². The van der Waals surface area contributed by atoms with Gasteiger partial charge in [-0.3, -0.25) is 14.6 Å². The monoisotopic (exact) mass is 429 g/mol. The maximum Gasteiger partial charge on any atom is 0.259 e. The number of halogens is 1. The van der Waals surface area contributed by atoms with Crippen molar-refractivity contribution < 1.29 is 13.9 Å². The number of hydrogen-bond donors (Lipinski definition) is 2. The lowest BCUT2D eigenvalue weighted by Gasteiger charge is -2.09. The Kier molecular flexibility index (Phi) is 4.83. The molecule has 0 saturated carbocycles. The van der Waals surface area contributed by atoms with Gasteiger partial charge in [-0.15, -0.1) is 0 Å². The van der Waals surface area contributed by atoms with Crippen LogP contribution >= 0.6 is 0 Å². The number of aromatic amines is 1. The highest BCUT2D eigenvalue weighted by molar-refractivity contribution is 6.00. The first-order chi connectivity index (χ1) is 15.6. The summed E-state index contributed by atoms with van der Waals surface area (Å²) in [6.45, 7) is 0.0814. The van der Waals surface area contributed by atoms with E-state index >= 15 is 0 Å². The molecule has 0 saturated heterocycles. The van der Waals surface area contributed by atoms with Gasteiger partial charge in [-0.2, -0.15) is 5.10 Å². The number of rotatable bonds is 5. The van der Waals surface area contributed by atoms with E-state index in [1.54, 1.807) is 48.7 Å². The van der Waals surface area contributed by atoms with Crippen LogP contribution in [0, 0.1) is 5.82 Å². The van der Waals surface area contributed by atoms with E-state index in [1.165, 1.54) is 29.0 Å². The highest BCUT2D eigenvalue weighted by Crippen LogP contribution is 2.24. The van der Waals surface area contributed by atoms with Crippen molar-refractivity contribution in [1.82, 2.24) is 24.9 Å². The van der Waals surface area contributed by atoms with E-state index in [2.05, 4.69) is 20.4 Å². The first kappa shape index (κ1) is 19.4.